The van der Waals surface area contributed by atoms with Crippen molar-refractivity contribution in [1.82, 2.24) is 19.7 Å². The van der Waals surface area contributed by atoms with Crippen molar-refractivity contribution >= 4 is 5.91 Å². The Hall–Kier alpha value is -3.48. The maximum atomic E-state index is 12.8. The number of carbonyl (C=O) groups is 1. The monoisotopic (exact) mass is 404 g/mol. The highest BCUT2D eigenvalue weighted by atomic mass is 16.5. The number of para-hydroxylation sites is 1. The third-order valence-corrected chi connectivity index (χ3v) is 5.36. The molecule has 4 rings (SSSR count). The summed E-state index contributed by atoms with van der Waals surface area (Å²) < 4.78 is 6.95. The lowest BCUT2D eigenvalue weighted by molar-refractivity contribution is -0.132. The number of methoxy groups -OCH3 is 1. The van der Waals surface area contributed by atoms with Gasteiger partial charge in [-0.3, -0.25) is 14.6 Å². The molecule has 7 nitrogen and oxygen atoms in total. The summed E-state index contributed by atoms with van der Waals surface area (Å²) in [6, 6.07) is 16.2. The van der Waals surface area contributed by atoms with Gasteiger partial charge in [0, 0.05) is 36.6 Å². The van der Waals surface area contributed by atoms with E-state index in [1.54, 1.807) is 19.4 Å². The SMILES string of the molecule is COc1ccccc1-c1ccc(=O)n(C2CCCN(C(=O)Cc3ccccn3)C2)n1. The average Bonchev–Trinajstić information content (AvgIpc) is 2.80. The van der Waals surface area contributed by atoms with Crippen LogP contribution in [0.2, 0.25) is 0 Å². The van der Waals surface area contributed by atoms with Gasteiger partial charge in [-0.15, -0.1) is 0 Å². The highest BCUT2D eigenvalue weighted by Crippen LogP contribution is 2.28. The topological polar surface area (TPSA) is 77.3 Å². The molecule has 1 fully saturated rings. The van der Waals surface area contributed by atoms with Crippen LogP contribution in [0.5, 0.6) is 5.75 Å². The number of ether oxygens (including phenoxy) is 1. The smallest absolute Gasteiger partial charge is 0.267 e. The molecule has 1 amide bonds. The third kappa shape index (κ3) is 4.25. The van der Waals surface area contributed by atoms with Gasteiger partial charge in [-0.1, -0.05) is 18.2 Å². The van der Waals surface area contributed by atoms with Crippen molar-refractivity contribution < 1.29 is 9.53 Å². The molecule has 0 aliphatic carbocycles. The quantitative estimate of drug-likeness (QED) is 0.653. The Balaban J connectivity index is 1.56. The molecule has 1 saturated heterocycles. The summed E-state index contributed by atoms with van der Waals surface area (Å²) in [5, 5.41) is 4.63. The molecule has 3 aromatic rings. The van der Waals surface area contributed by atoms with E-state index in [4.69, 9.17) is 4.74 Å². The first-order valence-electron chi connectivity index (χ1n) is 10.1. The fraction of sp³-hybridized carbons (Fsp3) is 0.304. The number of rotatable bonds is 5. The summed E-state index contributed by atoms with van der Waals surface area (Å²) in [6.07, 6.45) is 3.58. The number of amides is 1. The van der Waals surface area contributed by atoms with Crippen molar-refractivity contribution in [2.45, 2.75) is 25.3 Å². The first-order valence-corrected chi connectivity index (χ1v) is 10.1. The van der Waals surface area contributed by atoms with E-state index in [1.165, 1.54) is 10.7 Å². The fourth-order valence-electron chi connectivity index (χ4n) is 3.84. The van der Waals surface area contributed by atoms with Gasteiger partial charge >= 0.3 is 0 Å². The van der Waals surface area contributed by atoms with Gasteiger partial charge in [0.25, 0.3) is 5.56 Å². The van der Waals surface area contributed by atoms with Gasteiger partial charge in [-0.2, -0.15) is 5.10 Å². The Labute approximate surface area is 174 Å². The minimum Gasteiger partial charge on any atom is -0.496 e. The van der Waals surface area contributed by atoms with Crippen LogP contribution in [0.3, 0.4) is 0 Å². The van der Waals surface area contributed by atoms with Crippen LogP contribution < -0.4 is 10.3 Å². The lowest BCUT2D eigenvalue weighted by atomic mass is 10.0. The Kier molecular flexibility index (Phi) is 5.88. The molecule has 30 heavy (non-hydrogen) atoms. The zero-order valence-electron chi connectivity index (χ0n) is 16.9. The van der Waals surface area contributed by atoms with Crippen molar-refractivity contribution in [1.29, 1.82) is 0 Å². The van der Waals surface area contributed by atoms with Gasteiger partial charge in [-0.25, -0.2) is 4.68 Å². The van der Waals surface area contributed by atoms with E-state index in [1.807, 2.05) is 47.4 Å². The molecule has 0 radical (unpaired) electrons. The number of pyridine rings is 1. The number of hydrogen-bond donors (Lipinski definition) is 0. The summed E-state index contributed by atoms with van der Waals surface area (Å²) in [5.74, 6) is 0.721. The average molecular weight is 404 g/mol. The van der Waals surface area contributed by atoms with Crippen molar-refractivity contribution in [3.8, 4) is 17.0 Å². The highest BCUT2D eigenvalue weighted by molar-refractivity contribution is 5.78. The van der Waals surface area contributed by atoms with Crippen LogP contribution in [0.15, 0.2) is 65.6 Å². The van der Waals surface area contributed by atoms with Crippen molar-refractivity contribution in [3.63, 3.8) is 0 Å². The van der Waals surface area contributed by atoms with E-state index in [2.05, 4.69) is 10.1 Å². The molecule has 1 aliphatic heterocycles. The van der Waals surface area contributed by atoms with Crippen LogP contribution in [0.25, 0.3) is 11.3 Å². The standard InChI is InChI=1S/C23H24N4O3/c1-30-21-10-3-2-9-19(21)20-11-12-22(28)27(25-20)18-8-6-14-26(16-18)23(29)15-17-7-4-5-13-24-17/h2-5,7,9-13,18H,6,8,14-16H2,1H3. The summed E-state index contributed by atoms with van der Waals surface area (Å²) in [5.41, 5.74) is 2.08. The minimum absolute atomic E-state index is 0.0207. The second kappa shape index (κ2) is 8.90. The molecule has 7 heteroatoms. The molecule has 154 valence electrons. The van der Waals surface area contributed by atoms with Crippen LogP contribution in [-0.4, -0.2) is 45.8 Å². The van der Waals surface area contributed by atoms with E-state index in [-0.39, 0.29) is 23.9 Å². The number of benzene rings is 1. The first-order chi connectivity index (χ1) is 14.7. The van der Waals surface area contributed by atoms with Crippen molar-refractivity contribution in [2.24, 2.45) is 0 Å². The normalized spacial score (nSPS) is 16.3. The molecule has 0 spiro atoms. The third-order valence-electron chi connectivity index (χ3n) is 5.36. The second-order valence-corrected chi connectivity index (χ2v) is 7.34. The minimum atomic E-state index is -0.169. The molecule has 1 aromatic carbocycles. The Morgan fingerprint density at radius 3 is 2.77 bits per heavy atom. The fourth-order valence-corrected chi connectivity index (χ4v) is 3.84. The molecule has 1 atom stereocenters. The summed E-state index contributed by atoms with van der Waals surface area (Å²) in [4.78, 5) is 31.4. The second-order valence-electron chi connectivity index (χ2n) is 7.34. The van der Waals surface area contributed by atoms with Crippen LogP contribution >= 0.6 is 0 Å². The van der Waals surface area contributed by atoms with Gasteiger partial charge in [0.15, 0.2) is 0 Å². The van der Waals surface area contributed by atoms with Crippen LogP contribution in [0, 0.1) is 0 Å². The Morgan fingerprint density at radius 2 is 1.97 bits per heavy atom. The first kappa shape index (κ1) is 19.8. The molecule has 2 aromatic heterocycles. The molecular weight excluding hydrogens is 380 g/mol. The number of carbonyl (C=O) groups excluding carboxylic acids is 1. The van der Waals surface area contributed by atoms with Crippen molar-refractivity contribution in [2.75, 3.05) is 20.2 Å². The van der Waals surface area contributed by atoms with E-state index in [9.17, 15) is 9.59 Å². The molecule has 1 aliphatic rings. The molecule has 0 saturated carbocycles. The Bertz CT molecular complexity index is 1080. The maximum absolute atomic E-state index is 12.8. The predicted octanol–water partition coefficient (Wildman–Crippen LogP) is 2.72. The maximum Gasteiger partial charge on any atom is 0.267 e. The molecule has 0 bridgehead atoms. The number of likely N-dealkylation sites (tertiary alicyclic amines) is 1. The number of piperidine rings is 1. The number of aromatic nitrogens is 3. The van der Waals surface area contributed by atoms with E-state index < -0.39 is 0 Å². The summed E-state index contributed by atoms with van der Waals surface area (Å²) in [7, 11) is 1.61. The van der Waals surface area contributed by atoms with Crippen LogP contribution in [0.4, 0.5) is 0 Å². The van der Waals surface area contributed by atoms with E-state index in [0.717, 1.165) is 24.1 Å². The van der Waals surface area contributed by atoms with Gasteiger partial charge in [0.2, 0.25) is 5.91 Å². The van der Waals surface area contributed by atoms with E-state index >= 15 is 0 Å². The van der Waals surface area contributed by atoms with Crippen molar-refractivity contribution in [3.05, 3.63) is 76.8 Å². The lowest BCUT2D eigenvalue weighted by Gasteiger charge is -2.33. The molecular formula is C23H24N4O3. The van der Waals surface area contributed by atoms with Gasteiger partial charge in [0.05, 0.1) is 25.3 Å². The predicted molar refractivity (Wildman–Crippen MR) is 113 cm³/mol. The molecule has 3 heterocycles. The van der Waals surface area contributed by atoms with Crippen LogP contribution in [0.1, 0.15) is 24.6 Å². The highest BCUT2D eigenvalue weighted by Gasteiger charge is 2.26. The Morgan fingerprint density at radius 1 is 1.13 bits per heavy atom. The number of nitrogens with zero attached hydrogens (tertiary/aromatic N) is 4. The molecule has 1 unspecified atom stereocenters. The number of hydrogen-bond acceptors (Lipinski definition) is 5. The lowest BCUT2D eigenvalue weighted by Crippen LogP contribution is -2.44. The molecule has 0 N–H and O–H groups in total. The largest absolute Gasteiger partial charge is 0.496 e. The van der Waals surface area contributed by atoms with Crippen LogP contribution in [-0.2, 0) is 11.2 Å². The summed E-state index contributed by atoms with van der Waals surface area (Å²) in [6.45, 7) is 1.15. The zero-order valence-corrected chi connectivity index (χ0v) is 16.9. The van der Waals surface area contributed by atoms with E-state index in [0.29, 0.717) is 24.5 Å². The van der Waals surface area contributed by atoms with Gasteiger partial charge in [0.1, 0.15) is 5.75 Å². The summed E-state index contributed by atoms with van der Waals surface area (Å²) >= 11 is 0. The van der Waals surface area contributed by atoms with Gasteiger partial charge in [-0.05, 0) is 43.2 Å². The zero-order chi connectivity index (χ0) is 20.9. The van der Waals surface area contributed by atoms with Gasteiger partial charge < -0.3 is 9.64 Å².